The van der Waals surface area contributed by atoms with Gasteiger partial charge in [0.1, 0.15) is 0 Å². The minimum atomic E-state index is -0.741. The van der Waals surface area contributed by atoms with E-state index in [1.165, 1.54) is 0 Å². The molecule has 0 aromatic rings. The molecule has 3 unspecified atom stereocenters. The number of thiol groups is 2. The second kappa shape index (κ2) is 5.75. The summed E-state index contributed by atoms with van der Waals surface area (Å²) in [5.74, 6) is -0.561. The average Bonchev–Trinajstić information content (AvgIpc) is 1.84. The molecule has 0 rings (SSSR count). The van der Waals surface area contributed by atoms with Gasteiger partial charge in [-0.2, -0.15) is 25.3 Å². The molecule has 0 aromatic heterocycles. The summed E-state index contributed by atoms with van der Waals surface area (Å²) in [7, 11) is 0. The van der Waals surface area contributed by atoms with Crippen molar-refractivity contribution in [3.8, 4) is 0 Å². The third-order valence-electron chi connectivity index (χ3n) is 1.72. The maximum atomic E-state index is 10.3. The molecule has 2 nitrogen and oxygen atoms in total. The molecule has 0 aliphatic rings. The van der Waals surface area contributed by atoms with Gasteiger partial charge >= 0.3 is 5.97 Å². The summed E-state index contributed by atoms with van der Waals surface area (Å²) in [4.78, 5) is 10.3. The van der Waals surface area contributed by atoms with Crippen LogP contribution in [0.5, 0.6) is 0 Å². The van der Waals surface area contributed by atoms with Gasteiger partial charge in [0.05, 0.1) is 0 Å². The molecule has 0 heterocycles. The van der Waals surface area contributed by atoms with Crippen molar-refractivity contribution in [1.82, 2.24) is 0 Å². The molecular weight excluding hydrogens is 192 g/mol. The molecule has 0 aliphatic heterocycles. The minimum absolute atomic E-state index is 0.180. The van der Waals surface area contributed by atoms with Crippen LogP contribution in [0.3, 0.4) is 0 Å². The zero-order valence-corrected chi connectivity index (χ0v) is 9.19. The van der Waals surface area contributed by atoms with Crippen LogP contribution >= 0.6 is 25.3 Å². The maximum Gasteiger partial charge on any atom is 0.303 e. The molecular formula is C8H16O2S2. The number of carboxylic acid groups (broad SMARTS) is 1. The Balaban J connectivity index is 3.68. The van der Waals surface area contributed by atoms with Gasteiger partial charge in [0.15, 0.2) is 0 Å². The van der Waals surface area contributed by atoms with E-state index in [0.29, 0.717) is 0 Å². The van der Waals surface area contributed by atoms with E-state index in [1.807, 2.05) is 13.8 Å². The van der Waals surface area contributed by atoms with Crippen LogP contribution in [0.4, 0.5) is 0 Å². The quantitative estimate of drug-likeness (QED) is 0.605. The van der Waals surface area contributed by atoms with Crippen molar-refractivity contribution >= 4 is 31.2 Å². The summed E-state index contributed by atoms with van der Waals surface area (Å²) in [5.41, 5.74) is 0. The van der Waals surface area contributed by atoms with E-state index in [2.05, 4.69) is 25.3 Å². The molecule has 72 valence electrons. The van der Waals surface area contributed by atoms with Crippen molar-refractivity contribution in [1.29, 1.82) is 0 Å². The van der Waals surface area contributed by atoms with E-state index in [9.17, 15) is 4.79 Å². The third kappa shape index (κ3) is 5.77. The second-order valence-electron chi connectivity index (χ2n) is 3.25. The minimum Gasteiger partial charge on any atom is -0.481 e. The molecule has 0 bridgehead atoms. The summed E-state index contributed by atoms with van der Waals surface area (Å²) in [5, 5.41) is 8.89. The summed E-state index contributed by atoms with van der Waals surface area (Å²) < 4.78 is 0. The van der Waals surface area contributed by atoms with Gasteiger partial charge in [-0.05, 0) is 12.3 Å². The van der Waals surface area contributed by atoms with E-state index in [0.717, 1.165) is 6.42 Å². The van der Waals surface area contributed by atoms with Crippen molar-refractivity contribution in [3.05, 3.63) is 0 Å². The lowest BCUT2D eigenvalue weighted by atomic mass is 10.0. The predicted molar refractivity (Wildman–Crippen MR) is 57.3 cm³/mol. The normalized spacial score (nSPS) is 18.3. The van der Waals surface area contributed by atoms with Gasteiger partial charge < -0.3 is 5.11 Å². The first-order valence-corrected chi connectivity index (χ1v) is 5.04. The smallest absolute Gasteiger partial charge is 0.303 e. The standard InChI is InChI=1S/C8H16O2S2/c1-5(4-8(9)10)3-7(12)6(2)11/h5-7,11-12H,3-4H2,1-2H3,(H,9,10). The van der Waals surface area contributed by atoms with Gasteiger partial charge in [-0.1, -0.05) is 13.8 Å². The van der Waals surface area contributed by atoms with Gasteiger partial charge in [-0.25, -0.2) is 0 Å². The van der Waals surface area contributed by atoms with Crippen LogP contribution in [0.1, 0.15) is 26.7 Å². The van der Waals surface area contributed by atoms with E-state index < -0.39 is 5.97 Å². The summed E-state index contributed by atoms with van der Waals surface area (Å²) in [6.07, 6.45) is 1.03. The zero-order valence-electron chi connectivity index (χ0n) is 7.40. The van der Waals surface area contributed by atoms with Gasteiger partial charge in [0.25, 0.3) is 0 Å². The van der Waals surface area contributed by atoms with Crippen LogP contribution in [-0.4, -0.2) is 21.6 Å². The Morgan fingerprint density at radius 3 is 2.25 bits per heavy atom. The van der Waals surface area contributed by atoms with Crippen molar-refractivity contribution in [2.75, 3.05) is 0 Å². The lowest BCUT2D eigenvalue weighted by Crippen LogP contribution is -2.16. The summed E-state index contributed by atoms with van der Waals surface area (Å²) >= 11 is 8.55. The van der Waals surface area contributed by atoms with E-state index in [4.69, 9.17) is 5.11 Å². The molecule has 0 saturated carbocycles. The highest BCUT2D eigenvalue weighted by molar-refractivity contribution is 7.85. The lowest BCUT2D eigenvalue weighted by molar-refractivity contribution is -0.138. The van der Waals surface area contributed by atoms with Crippen LogP contribution in [0.2, 0.25) is 0 Å². The molecule has 12 heavy (non-hydrogen) atoms. The number of carboxylic acids is 1. The average molecular weight is 208 g/mol. The molecule has 4 heteroatoms. The van der Waals surface area contributed by atoms with Crippen molar-refractivity contribution in [3.63, 3.8) is 0 Å². The highest BCUT2D eigenvalue weighted by atomic mass is 32.1. The summed E-state index contributed by atoms with van der Waals surface area (Å²) in [6.45, 7) is 3.89. The van der Waals surface area contributed by atoms with Gasteiger partial charge in [0, 0.05) is 16.9 Å². The topological polar surface area (TPSA) is 37.3 Å². The van der Waals surface area contributed by atoms with Crippen LogP contribution in [0, 0.1) is 5.92 Å². The molecule has 0 fully saturated rings. The SMILES string of the molecule is CC(CC(=O)O)CC(S)C(C)S. The molecule has 0 radical (unpaired) electrons. The fraction of sp³-hybridized carbons (Fsp3) is 0.875. The van der Waals surface area contributed by atoms with Crippen LogP contribution in [0.15, 0.2) is 0 Å². The number of carbonyl (C=O) groups is 1. The zero-order chi connectivity index (χ0) is 9.72. The highest BCUT2D eigenvalue weighted by Crippen LogP contribution is 2.19. The Labute approximate surface area is 84.6 Å². The lowest BCUT2D eigenvalue weighted by Gasteiger charge is -2.17. The number of rotatable bonds is 5. The molecule has 0 saturated heterocycles. The Morgan fingerprint density at radius 1 is 1.42 bits per heavy atom. The monoisotopic (exact) mass is 208 g/mol. The highest BCUT2D eigenvalue weighted by Gasteiger charge is 2.15. The molecule has 0 aromatic carbocycles. The number of hydrogen-bond acceptors (Lipinski definition) is 3. The van der Waals surface area contributed by atoms with Crippen molar-refractivity contribution in [2.24, 2.45) is 5.92 Å². The molecule has 0 aliphatic carbocycles. The Morgan fingerprint density at radius 2 is 1.92 bits per heavy atom. The van der Waals surface area contributed by atoms with E-state index in [-0.39, 0.29) is 22.8 Å². The van der Waals surface area contributed by atoms with Crippen molar-refractivity contribution in [2.45, 2.75) is 37.2 Å². The first kappa shape index (κ1) is 12.2. The molecule has 3 atom stereocenters. The predicted octanol–water partition coefficient (Wildman–Crippen LogP) is 2.10. The summed E-state index contributed by atoms with van der Waals surface area (Å²) in [6, 6.07) is 0. The van der Waals surface area contributed by atoms with Crippen LogP contribution in [-0.2, 0) is 4.79 Å². The fourth-order valence-corrected chi connectivity index (χ4v) is 1.47. The largest absolute Gasteiger partial charge is 0.481 e. The van der Waals surface area contributed by atoms with E-state index >= 15 is 0 Å². The fourth-order valence-electron chi connectivity index (χ4n) is 0.991. The van der Waals surface area contributed by atoms with Crippen molar-refractivity contribution < 1.29 is 9.90 Å². The first-order chi connectivity index (χ1) is 5.43. The molecule has 0 spiro atoms. The Bertz CT molecular complexity index is 148. The number of aliphatic carboxylic acids is 1. The Kier molecular flexibility index (Phi) is 5.84. The van der Waals surface area contributed by atoms with Gasteiger partial charge in [-0.15, -0.1) is 0 Å². The Hall–Kier alpha value is 0.170. The maximum absolute atomic E-state index is 10.3. The van der Waals surface area contributed by atoms with Crippen LogP contribution < -0.4 is 0 Å². The first-order valence-electron chi connectivity index (χ1n) is 4.01. The van der Waals surface area contributed by atoms with E-state index in [1.54, 1.807) is 0 Å². The third-order valence-corrected chi connectivity index (χ3v) is 2.98. The second-order valence-corrected chi connectivity index (χ2v) is 4.72. The van der Waals surface area contributed by atoms with Crippen LogP contribution in [0.25, 0.3) is 0 Å². The van der Waals surface area contributed by atoms with Gasteiger partial charge in [-0.3, -0.25) is 4.79 Å². The van der Waals surface area contributed by atoms with Gasteiger partial charge in [0.2, 0.25) is 0 Å². The molecule has 0 amide bonds. The number of hydrogen-bond donors (Lipinski definition) is 3. The molecule has 1 N–H and O–H groups in total.